The molecule has 0 aromatic carbocycles. The summed E-state index contributed by atoms with van der Waals surface area (Å²) in [5, 5.41) is 0. The van der Waals surface area contributed by atoms with Gasteiger partial charge in [-0.3, -0.25) is 0 Å². The van der Waals surface area contributed by atoms with Crippen LogP contribution in [0.2, 0.25) is 19.6 Å². The molecule has 0 aliphatic heterocycles. The maximum absolute atomic E-state index is 3.13. The first kappa shape index (κ1) is 29.0. The van der Waals surface area contributed by atoms with E-state index in [-0.39, 0.29) is 15.8 Å². The van der Waals surface area contributed by atoms with Gasteiger partial charge in [0.2, 0.25) is 0 Å². The highest BCUT2D eigenvalue weighted by atomic mass is 31.1. The second-order valence-corrected chi connectivity index (χ2v) is 24.6. The van der Waals surface area contributed by atoms with Gasteiger partial charge in [0.1, 0.15) is 8.24 Å². The standard InChI is InChI=1S/C31H61NP2Si/c1-35(2,3)32(24-26-33(28-16-8-4-9-17-28)29-18-10-5-11-19-29)25-27-34(30-20-12-6-13-21-30)31-22-14-7-15-23-31/h28-31H,4-27H2,1-3H3. The van der Waals surface area contributed by atoms with Crippen molar-refractivity contribution in [2.45, 2.75) is 171 Å². The smallest absolute Gasteiger partial charge is 0.119 e. The van der Waals surface area contributed by atoms with Crippen molar-refractivity contribution in [1.29, 1.82) is 0 Å². The molecule has 4 rings (SSSR count). The summed E-state index contributed by atoms with van der Waals surface area (Å²) in [6, 6.07) is 0. The minimum Gasteiger partial charge on any atom is -0.323 e. The Morgan fingerprint density at radius 2 is 0.714 bits per heavy atom. The molecule has 0 saturated heterocycles. The zero-order chi connectivity index (χ0) is 24.5. The lowest BCUT2D eigenvalue weighted by Gasteiger charge is -2.43. The van der Waals surface area contributed by atoms with E-state index >= 15 is 0 Å². The molecule has 0 unspecified atom stereocenters. The Labute approximate surface area is 224 Å². The molecular formula is C31H61NP2Si. The Morgan fingerprint density at radius 3 is 0.943 bits per heavy atom. The summed E-state index contributed by atoms with van der Waals surface area (Å²) in [7, 11) is -0.746. The summed E-state index contributed by atoms with van der Waals surface area (Å²) in [5.74, 6) is 0. The van der Waals surface area contributed by atoms with E-state index in [4.69, 9.17) is 0 Å². The maximum Gasteiger partial charge on any atom is 0.119 e. The second kappa shape index (κ2) is 15.0. The Hall–Kier alpha value is 1.04. The first-order valence-electron chi connectivity index (χ1n) is 16.3. The zero-order valence-electron chi connectivity index (χ0n) is 24.1. The molecule has 1 nitrogen and oxygen atoms in total. The molecule has 4 saturated carbocycles. The van der Waals surface area contributed by atoms with E-state index in [1.54, 1.807) is 115 Å². The summed E-state index contributed by atoms with van der Waals surface area (Å²) in [6.45, 7) is 10.9. The van der Waals surface area contributed by atoms with Crippen LogP contribution in [0.5, 0.6) is 0 Å². The molecule has 0 heterocycles. The van der Waals surface area contributed by atoms with Crippen molar-refractivity contribution in [3.05, 3.63) is 0 Å². The van der Waals surface area contributed by atoms with E-state index in [0.29, 0.717) is 0 Å². The highest BCUT2D eigenvalue weighted by Gasteiger charge is 2.35. The summed E-state index contributed by atoms with van der Waals surface area (Å²) in [4.78, 5) is 0. The van der Waals surface area contributed by atoms with Gasteiger partial charge in [0.05, 0.1) is 0 Å². The molecule has 204 valence electrons. The van der Waals surface area contributed by atoms with E-state index in [1.165, 1.54) is 38.8 Å². The van der Waals surface area contributed by atoms with Gasteiger partial charge in [-0.15, -0.1) is 0 Å². The molecule has 0 aromatic heterocycles. The van der Waals surface area contributed by atoms with Gasteiger partial charge in [0.15, 0.2) is 0 Å². The fraction of sp³-hybridized carbons (Fsp3) is 1.00. The normalized spacial score (nSPS) is 25.2. The van der Waals surface area contributed by atoms with E-state index in [9.17, 15) is 0 Å². The Bertz CT molecular complexity index is 489. The van der Waals surface area contributed by atoms with Crippen molar-refractivity contribution in [2.75, 3.05) is 25.4 Å². The van der Waals surface area contributed by atoms with Crippen LogP contribution in [0.3, 0.4) is 0 Å². The van der Waals surface area contributed by atoms with Crippen molar-refractivity contribution >= 4 is 24.1 Å². The molecule has 0 amide bonds. The third kappa shape index (κ3) is 9.04. The van der Waals surface area contributed by atoms with Crippen LogP contribution in [0.4, 0.5) is 0 Å². The van der Waals surface area contributed by atoms with Crippen molar-refractivity contribution in [1.82, 2.24) is 4.57 Å². The van der Waals surface area contributed by atoms with Crippen molar-refractivity contribution in [3.63, 3.8) is 0 Å². The Morgan fingerprint density at radius 1 is 0.457 bits per heavy atom. The van der Waals surface area contributed by atoms with Crippen LogP contribution in [-0.2, 0) is 0 Å². The second-order valence-electron chi connectivity index (χ2n) is 13.8. The van der Waals surface area contributed by atoms with E-state index in [1.807, 2.05) is 0 Å². The molecule has 4 heteroatoms. The quantitative estimate of drug-likeness (QED) is 0.187. The van der Waals surface area contributed by atoms with Gasteiger partial charge < -0.3 is 4.57 Å². The predicted octanol–water partition coefficient (Wildman–Crippen LogP) is 10.4. The third-order valence-corrected chi connectivity index (χ3v) is 20.0. The average molecular weight is 538 g/mol. The number of rotatable bonds is 11. The lowest BCUT2D eigenvalue weighted by atomic mass is 9.99. The van der Waals surface area contributed by atoms with Gasteiger partial charge >= 0.3 is 0 Å². The monoisotopic (exact) mass is 537 g/mol. The minimum atomic E-state index is -1.26. The molecular weight excluding hydrogens is 476 g/mol. The van der Waals surface area contributed by atoms with E-state index in [2.05, 4.69) is 24.2 Å². The molecule has 0 N–H and O–H groups in total. The summed E-state index contributed by atoms with van der Waals surface area (Å²) in [6.07, 6.45) is 34.3. The number of hydrogen-bond donors (Lipinski definition) is 0. The van der Waals surface area contributed by atoms with Crippen LogP contribution in [0.1, 0.15) is 128 Å². The summed E-state index contributed by atoms with van der Waals surface area (Å²) in [5.41, 5.74) is 4.53. The Kier molecular flexibility index (Phi) is 12.4. The van der Waals surface area contributed by atoms with Crippen LogP contribution < -0.4 is 0 Å². The molecule has 0 spiro atoms. The first-order valence-corrected chi connectivity index (χ1v) is 23.1. The van der Waals surface area contributed by atoms with Gasteiger partial charge in [-0.05, 0) is 99.4 Å². The molecule has 35 heavy (non-hydrogen) atoms. The van der Waals surface area contributed by atoms with Gasteiger partial charge in [-0.1, -0.05) is 113 Å². The molecule has 0 atom stereocenters. The largest absolute Gasteiger partial charge is 0.323 e. The summed E-state index contributed by atoms with van der Waals surface area (Å²) >= 11 is 0. The van der Waals surface area contributed by atoms with Gasteiger partial charge in [0, 0.05) is 0 Å². The van der Waals surface area contributed by atoms with Gasteiger partial charge in [-0.2, -0.15) is 0 Å². The molecule has 4 aliphatic rings. The SMILES string of the molecule is C[Si](C)(C)N(CCP(C1CCCCC1)C1CCCCC1)CCP(C1CCCCC1)C1CCCCC1. The van der Waals surface area contributed by atoms with Crippen LogP contribution in [-0.4, -0.2) is 60.9 Å². The van der Waals surface area contributed by atoms with E-state index in [0.717, 1.165) is 22.6 Å². The van der Waals surface area contributed by atoms with Gasteiger partial charge in [0.25, 0.3) is 0 Å². The predicted molar refractivity (Wildman–Crippen MR) is 166 cm³/mol. The average Bonchev–Trinajstić information content (AvgIpc) is 2.89. The van der Waals surface area contributed by atoms with Crippen molar-refractivity contribution in [2.24, 2.45) is 0 Å². The third-order valence-electron chi connectivity index (χ3n) is 10.4. The van der Waals surface area contributed by atoms with Crippen LogP contribution in [0.25, 0.3) is 0 Å². The van der Waals surface area contributed by atoms with Crippen molar-refractivity contribution in [3.8, 4) is 0 Å². The van der Waals surface area contributed by atoms with E-state index < -0.39 is 8.24 Å². The zero-order valence-corrected chi connectivity index (χ0v) is 26.9. The molecule has 4 aliphatic carbocycles. The minimum absolute atomic E-state index is 0.259. The lowest BCUT2D eigenvalue weighted by Crippen LogP contribution is -2.49. The molecule has 0 radical (unpaired) electrons. The lowest BCUT2D eigenvalue weighted by molar-refractivity contribution is 0.455. The topological polar surface area (TPSA) is 3.24 Å². The number of nitrogens with zero attached hydrogens (tertiary/aromatic N) is 1. The number of hydrogen-bond acceptors (Lipinski definition) is 1. The molecule has 0 bridgehead atoms. The fourth-order valence-corrected chi connectivity index (χ4v) is 17.9. The fourth-order valence-electron chi connectivity index (χ4n) is 8.23. The first-order chi connectivity index (χ1) is 17.0. The molecule has 4 fully saturated rings. The Balaban J connectivity index is 1.39. The van der Waals surface area contributed by atoms with Crippen molar-refractivity contribution < 1.29 is 0 Å². The highest BCUT2D eigenvalue weighted by Crippen LogP contribution is 2.57. The van der Waals surface area contributed by atoms with Crippen LogP contribution >= 0.6 is 15.8 Å². The van der Waals surface area contributed by atoms with Crippen LogP contribution in [0.15, 0.2) is 0 Å². The van der Waals surface area contributed by atoms with Crippen LogP contribution in [0, 0.1) is 0 Å². The summed E-state index contributed by atoms with van der Waals surface area (Å²) < 4.78 is 3.13. The maximum atomic E-state index is 3.13. The van der Waals surface area contributed by atoms with Gasteiger partial charge in [-0.25, -0.2) is 0 Å². The molecule has 0 aromatic rings. The highest BCUT2D eigenvalue weighted by molar-refractivity contribution is 7.59.